The van der Waals surface area contributed by atoms with Gasteiger partial charge in [-0.2, -0.15) is 0 Å². The van der Waals surface area contributed by atoms with E-state index in [2.05, 4.69) is 17.2 Å². The summed E-state index contributed by atoms with van der Waals surface area (Å²) >= 11 is 0. The van der Waals surface area contributed by atoms with Crippen LogP contribution in [0.4, 0.5) is 0 Å². The standard InChI is InChI=1S/C12H22N2O.3C2H6/c1-3-7-14-9-10-5-4-6-11(8-10)12(15)13-2;3*1-2/h3,10-11,14H,1,4-9H2,2H3,(H,13,15);3*1-2H3. The summed E-state index contributed by atoms with van der Waals surface area (Å²) in [5, 5.41) is 6.08. The van der Waals surface area contributed by atoms with Gasteiger partial charge in [-0.05, 0) is 31.7 Å². The van der Waals surface area contributed by atoms with Gasteiger partial charge in [-0.15, -0.1) is 6.58 Å². The fourth-order valence-corrected chi connectivity index (χ4v) is 2.31. The van der Waals surface area contributed by atoms with Gasteiger partial charge in [-0.1, -0.05) is 54.0 Å². The number of carbonyl (C=O) groups excluding carboxylic acids is 1. The number of rotatable bonds is 5. The zero-order valence-corrected chi connectivity index (χ0v) is 15.6. The van der Waals surface area contributed by atoms with Crippen molar-refractivity contribution < 1.29 is 4.79 Å². The Bertz CT molecular complexity index is 217. The second-order valence-corrected chi connectivity index (χ2v) is 4.29. The van der Waals surface area contributed by atoms with Crippen molar-refractivity contribution in [3.8, 4) is 0 Å². The topological polar surface area (TPSA) is 41.1 Å². The molecule has 0 saturated heterocycles. The first kappa shape index (κ1) is 25.1. The second kappa shape index (κ2) is 21.5. The van der Waals surface area contributed by atoms with Crippen molar-refractivity contribution in [1.29, 1.82) is 0 Å². The number of hydrogen-bond acceptors (Lipinski definition) is 2. The summed E-state index contributed by atoms with van der Waals surface area (Å²) in [5.74, 6) is 1.10. The van der Waals surface area contributed by atoms with Crippen molar-refractivity contribution in [3.63, 3.8) is 0 Å². The van der Waals surface area contributed by atoms with Crippen LogP contribution in [0.2, 0.25) is 0 Å². The van der Waals surface area contributed by atoms with Gasteiger partial charge < -0.3 is 10.6 Å². The van der Waals surface area contributed by atoms with Crippen molar-refractivity contribution in [2.24, 2.45) is 11.8 Å². The Morgan fingerprint density at radius 1 is 1.14 bits per heavy atom. The second-order valence-electron chi connectivity index (χ2n) is 4.29. The van der Waals surface area contributed by atoms with E-state index in [0.29, 0.717) is 5.92 Å². The maximum Gasteiger partial charge on any atom is 0.222 e. The Morgan fingerprint density at radius 3 is 2.19 bits per heavy atom. The molecule has 2 N–H and O–H groups in total. The van der Waals surface area contributed by atoms with Crippen molar-refractivity contribution in [2.45, 2.75) is 67.2 Å². The van der Waals surface area contributed by atoms with Gasteiger partial charge in [0.1, 0.15) is 0 Å². The molecule has 0 radical (unpaired) electrons. The number of hydrogen-bond donors (Lipinski definition) is 2. The first-order chi connectivity index (χ1) is 10.3. The molecule has 0 aliphatic heterocycles. The smallest absolute Gasteiger partial charge is 0.222 e. The van der Waals surface area contributed by atoms with Crippen LogP contribution in [0.1, 0.15) is 67.2 Å². The molecule has 1 saturated carbocycles. The van der Waals surface area contributed by atoms with Gasteiger partial charge in [0.25, 0.3) is 0 Å². The molecule has 1 fully saturated rings. The Kier molecular flexibility index (Phi) is 25.7. The van der Waals surface area contributed by atoms with E-state index in [9.17, 15) is 4.79 Å². The van der Waals surface area contributed by atoms with Crippen LogP contribution in [0, 0.1) is 11.8 Å². The van der Waals surface area contributed by atoms with Crippen LogP contribution in [0.3, 0.4) is 0 Å². The van der Waals surface area contributed by atoms with Crippen LogP contribution in [-0.4, -0.2) is 26.0 Å². The third-order valence-corrected chi connectivity index (χ3v) is 3.12. The minimum Gasteiger partial charge on any atom is -0.359 e. The fourth-order valence-electron chi connectivity index (χ4n) is 2.31. The molecule has 1 aliphatic rings. The lowest BCUT2D eigenvalue weighted by atomic mass is 9.81. The van der Waals surface area contributed by atoms with Crippen LogP contribution in [0.25, 0.3) is 0 Å². The molecule has 0 bridgehead atoms. The summed E-state index contributed by atoms with van der Waals surface area (Å²) < 4.78 is 0. The highest BCUT2D eigenvalue weighted by Gasteiger charge is 2.25. The molecule has 1 rings (SSSR count). The van der Waals surface area contributed by atoms with E-state index >= 15 is 0 Å². The minimum absolute atomic E-state index is 0.212. The van der Waals surface area contributed by atoms with Gasteiger partial charge in [0.05, 0.1) is 0 Å². The first-order valence-electron chi connectivity index (χ1n) is 8.81. The predicted molar refractivity (Wildman–Crippen MR) is 96.6 cm³/mol. The van der Waals surface area contributed by atoms with Gasteiger partial charge in [-0.3, -0.25) is 4.79 Å². The van der Waals surface area contributed by atoms with Gasteiger partial charge in [-0.25, -0.2) is 0 Å². The average Bonchev–Trinajstić information content (AvgIpc) is 2.60. The maximum atomic E-state index is 11.5. The Morgan fingerprint density at radius 2 is 1.71 bits per heavy atom. The molecular formula is C18H40N2O. The van der Waals surface area contributed by atoms with E-state index in [4.69, 9.17) is 0 Å². The highest BCUT2D eigenvalue weighted by molar-refractivity contribution is 5.78. The third kappa shape index (κ3) is 13.9. The summed E-state index contributed by atoms with van der Waals surface area (Å²) in [7, 11) is 1.72. The largest absolute Gasteiger partial charge is 0.359 e. The highest BCUT2D eigenvalue weighted by Crippen LogP contribution is 2.28. The SMILES string of the molecule is C=CCNCC1CCCC(C(=O)NC)C1.CC.CC.CC. The lowest BCUT2D eigenvalue weighted by Gasteiger charge is -2.28. The number of amides is 1. The molecule has 3 nitrogen and oxygen atoms in total. The van der Waals surface area contributed by atoms with Gasteiger partial charge in [0.2, 0.25) is 5.91 Å². The van der Waals surface area contributed by atoms with Crippen LogP contribution < -0.4 is 10.6 Å². The predicted octanol–water partition coefficient (Wildman–Crippen LogP) is 4.39. The molecule has 3 heteroatoms. The highest BCUT2D eigenvalue weighted by atomic mass is 16.1. The zero-order valence-electron chi connectivity index (χ0n) is 15.6. The van der Waals surface area contributed by atoms with Crippen LogP contribution >= 0.6 is 0 Å². The minimum atomic E-state index is 0.212. The molecule has 128 valence electrons. The molecule has 0 aromatic heterocycles. The zero-order chi connectivity index (χ0) is 17.1. The Balaban J connectivity index is -0.000000478. The molecule has 21 heavy (non-hydrogen) atoms. The average molecular weight is 301 g/mol. The maximum absolute atomic E-state index is 11.5. The summed E-state index contributed by atoms with van der Waals surface area (Å²) in [4.78, 5) is 11.5. The summed E-state index contributed by atoms with van der Waals surface area (Å²) in [5.41, 5.74) is 0. The van der Waals surface area contributed by atoms with E-state index in [0.717, 1.165) is 25.9 Å². The molecule has 1 aliphatic carbocycles. The van der Waals surface area contributed by atoms with Gasteiger partial charge in [0.15, 0.2) is 0 Å². The van der Waals surface area contributed by atoms with E-state index in [1.165, 1.54) is 12.8 Å². The first-order valence-corrected chi connectivity index (χ1v) is 8.81. The van der Waals surface area contributed by atoms with Crippen molar-refractivity contribution in [2.75, 3.05) is 20.1 Å². The van der Waals surface area contributed by atoms with E-state index < -0.39 is 0 Å². The molecular weight excluding hydrogens is 260 g/mol. The van der Waals surface area contributed by atoms with Gasteiger partial charge in [0, 0.05) is 19.5 Å². The number of nitrogens with one attached hydrogen (secondary N) is 2. The fraction of sp³-hybridized carbons (Fsp3) is 0.833. The molecule has 0 aromatic rings. The molecule has 2 atom stereocenters. The molecule has 0 aromatic carbocycles. The van der Waals surface area contributed by atoms with Crippen molar-refractivity contribution in [3.05, 3.63) is 12.7 Å². The van der Waals surface area contributed by atoms with E-state index in [1.807, 2.05) is 47.6 Å². The van der Waals surface area contributed by atoms with Crippen LogP contribution in [0.15, 0.2) is 12.7 Å². The third-order valence-electron chi connectivity index (χ3n) is 3.12. The van der Waals surface area contributed by atoms with Crippen molar-refractivity contribution >= 4 is 5.91 Å². The van der Waals surface area contributed by atoms with Crippen LogP contribution in [0.5, 0.6) is 0 Å². The number of carbonyl (C=O) groups is 1. The molecule has 2 unspecified atom stereocenters. The lowest BCUT2D eigenvalue weighted by Crippen LogP contribution is -2.34. The van der Waals surface area contributed by atoms with Gasteiger partial charge >= 0.3 is 0 Å². The Hall–Kier alpha value is -0.830. The monoisotopic (exact) mass is 300 g/mol. The molecule has 0 heterocycles. The molecule has 0 spiro atoms. The van der Waals surface area contributed by atoms with Crippen molar-refractivity contribution in [1.82, 2.24) is 10.6 Å². The normalized spacial score (nSPS) is 19.4. The summed E-state index contributed by atoms with van der Waals surface area (Å²) in [6.07, 6.45) is 6.39. The quantitative estimate of drug-likeness (QED) is 0.584. The summed E-state index contributed by atoms with van der Waals surface area (Å²) in [6.45, 7) is 17.5. The van der Waals surface area contributed by atoms with E-state index in [-0.39, 0.29) is 11.8 Å². The van der Waals surface area contributed by atoms with E-state index in [1.54, 1.807) is 7.05 Å². The Labute approximate surface area is 134 Å². The lowest BCUT2D eigenvalue weighted by molar-refractivity contribution is -0.125. The summed E-state index contributed by atoms with van der Waals surface area (Å²) in [6, 6.07) is 0. The molecule has 1 amide bonds. The van der Waals surface area contributed by atoms with Crippen LogP contribution in [-0.2, 0) is 4.79 Å².